The van der Waals surface area contributed by atoms with Gasteiger partial charge in [0.1, 0.15) is 17.3 Å². The topological polar surface area (TPSA) is 85.3 Å². The van der Waals surface area contributed by atoms with Gasteiger partial charge in [-0.2, -0.15) is 0 Å². The third kappa shape index (κ3) is 4.66. The van der Waals surface area contributed by atoms with Crippen molar-refractivity contribution >= 4 is 17.4 Å². The van der Waals surface area contributed by atoms with Gasteiger partial charge in [0, 0.05) is 18.7 Å². The molecule has 0 spiro atoms. The molecular weight excluding hydrogens is 434 g/mol. The van der Waals surface area contributed by atoms with Gasteiger partial charge in [0.2, 0.25) is 0 Å². The van der Waals surface area contributed by atoms with Crippen molar-refractivity contribution in [2.24, 2.45) is 0 Å². The molecule has 34 heavy (non-hydrogen) atoms. The van der Waals surface area contributed by atoms with Crippen LogP contribution in [-0.4, -0.2) is 54.7 Å². The Labute approximate surface area is 199 Å². The highest BCUT2D eigenvalue weighted by Gasteiger charge is 2.47. The van der Waals surface area contributed by atoms with Gasteiger partial charge in [-0.1, -0.05) is 19.1 Å². The van der Waals surface area contributed by atoms with Crippen LogP contribution in [0, 0.1) is 6.92 Å². The average molecular weight is 466 g/mol. The van der Waals surface area contributed by atoms with E-state index in [4.69, 9.17) is 14.2 Å². The maximum absolute atomic E-state index is 13.2. The first-order valence-corrected chi connectivity index (χ1v) is 11.7. The van der Waals surface area contributed by atoms with E-state index in [1.165, 1.54) is 4.90 Å². The van der Waals surface area contributed by atoms with Crippen molar-refractivity contribution in [3.63, 3.8) is 0 Å². The van der Waals surface area contributed by atoms with Crippen molar-refractivity contribution in [1.82, 2.24) is 4.90 Å². The molecule has 2 heterocycles. The zero-order chi connectivity index (χ0) is 24.2. The van der Waals surface area contributed by atoms with Crippen molar-refractivity contribution in [3.8, 4) is 11.5 Å². The van der Waals surface area contributed by atoms with E-state index in [1.54, 1.807) is 37.4 Å². The summed E-state index contributed by atoms with van der Waals surface area (Å²) in [4.78, 5) is 27.9. The third-order valence-electron chi connectivity index (χ3n) is 6.28. The molecule has 0 bridgehead atoms. The van der Waals surface area contributed by atoms with Crippen LogP contribution in [0.4, 0.5) is 0 Å². The molecule has 2 aliphatic rings. The van der Waals surface area contributed by atoms with E-state index in [9.17, 15) is 14.7 Å². The van der Waals surface area contributed by atoms with Gasteiger partial charge in [0.25, 0.3) is 11.7 Å². The Balaban J connectivity index is 1.79. The second-order valence-corrected chi connectivity index (χ2v) is 8.69. The van der Waals surface area contributed by atoms with Gasteiger partial charge in [-0.3, -0.25) is 9.59 Å². The molecule has 2 aromatic rings. The van der Waals surface area contributed by atoms with E-state index in [1.807, 2.05) is 26.0 Å². The highest BCUT2D eigenvalue weighted by molar-refractivity contribution is 6.46. The number of carbonyl (C=O) groups is 2. The number of carbonyl (C=O) groups excluding carboxylic acids is 2. The van der Waals surface area contributed by atoms with E-state index in [2.05, 4.69) is 0 Å². The molecule has 2 aromatic carbocycles. The number of methoxy groups -OCH3 is 1. The maximum atomic E-state index is 13.2. The lowest BCUT2D eigenvalue weighted by atomic mass is 9.94. The van der Waals surface area contributed by atoms with Crippen molar-refractivity contribution in [3.05, 3.63) is 64.7 Å². The van der Waals surface area contributed by atoms with Crippen LogP contribution in [0.25, 0.3) is 5.76 Å². The Morgan fingerprint density at radius 2 is 2.03 bits per heavy atom. The molecule has 2 saturated heterocycles. The Kier molecular flexibility index (Phi) is 7.22. The molecule has 2 aliphatic heterocycles. The molecule has 180 valence electrons. The van der Waals surface area contributed by atoms with Gasteiger partial charge in [-0.05, 0) is 67.6 Å². The highest BCUT2D eigenvalue weighted by atomic mass is 16.5. The number of benzene rings is 2. The summed E-state index contributed by atoms with van der Waals surface area (Å²) in [5.41, 5.74) is 2.06. The SMILES string of the molecule is CCCOc1ccc(/C(O)=C2/C(=O)C(=O)N(CC3CCCO3)C2c2cccc(OC)c2)cc1C. The van der Waals surface area contributed by atoms with Gasteiger partial charge in [-0.25, -0.2) is 0 Å². The first kappa shape index (κ1) is 23.8. The lowest BCUT2D eigenvalue weighted by Crippen LogP contribution is -2.36. The number of amides is 1. The molecule has 4 rings (SSSR count). The zero-order valence-electron chi connectivity index (χ0n) is 19.9. The fourth-order valence-corrected chi connectivity index (χ4v) is 4.56. The Bertz CT molecular complexity index is 1100. The number of aliphatic hydroxyl groups is 1. The summed E-state index contributed by atoms with van der Waals surface area (Å²) in [5, 5.41) is 11.3. The summed E-state index contributed by atoms with van der Waals surface area (Å²) >= 11 is 0. The second-order valence-electron chi connectivity index (χ2n) is 8.69. The predicted octanol–water partition coefficient (Wildman–Crippen LogP) is 4.39. The van der Waals surface area contributed by atoms with Crippen molar-refractivity contribution < 1.29 is 28.9 Å². The first-order chi connectivity index (χ1) is 16.4. The highest BCUT2D eigenvalue weighted by Crippen LogP contribution is 2.41. The largest absolute Gasteiger partial charge is 0.507 e. The van der Waals surface area contributed by atoms with Crippen molar-refractivity contribution in [2.45, 2.75) is 45.3 Å². The fraction of sp³-hybridized carbons (Fsp3) is 0.407. The minimum absolute atomic E-state index is 0.0675. The molecule has 2 unspecified atom stereocenters. The van der Waals surface area contributed by atoms with Crippen LogP contribution in [0.3, 0.4) is 0 Å². The van der Waals surface area contributed by atoms with E-state index >= 15 is 0 Å². The summed E-state index contributed by atoms with van der Waals surface area (Å²) < 4.78 is 16.9. The normalized spacial score (nSPS) is 21.8. The van der Waals surface area contributed by atoms with Crippen LogP contribution in [-0.2, 0) is 14.3 Å². The van der Waals surface area contributed by atoms with Crippen molar-refractivity contribution in [2.75, 3.05) is 26.9 Å². The summed E-state index contributed by atoms with van der Waals surface area (Å²) in [6.07, 6.45) is 2.50. The maximum Gasteiger partial charge on any atom is 0.295 e. The smallest absolute Gasteiger partial charge is 0.295 e. The third-order valence-corrected chi connectivity index (χ3v) is 6.28. The number of likely N-dealkylation sites (tertiary alicyclic amines) is 1. The van der Waals surface area contributed by atoms with E-state index in [-0.39, 0.29) is 24.0 Å². The second kappa shape index (κ2) is 10.3. The number of nitrogens with zero attached hydrogens (tertiary/aromatic N) is 1. The lowest BCUT2D eigenvalue weighted by Gasteiger charge is -2.27. The van der Waals surface area contributed by atoms with Crippen LogP contribution in [0.15, 0.2) is 48.0 Å². The van der Waals surface area contributed by atoms with Crippen LogP contribution in [0.5, 0.6) is 11.5 Å². The monoisotopic (exact) mass is 465 g/mol. The summed E-state index contributed by atoms with van der Waals surface area (Å²) in [6, 6.07) is 11.8. The van der Waals surface area contributed by atoms with Crippen LogP contribution in [0.1, 0.15) is 48.9 Å². The number of hydrogen-bond acceptors (Lipinski definition) is 6. The van der Waals surface area contributed by atoms with Gasteiger partial charge < -0.3 is 24.2 Å². The van der Waals surface area contributed by atoms with Gasteiger partial charge in [-0.15, -0.1) is 0 Å². The van der Waals surface area contributed by atoms with Crippen molar-refractivity contribution in [1.29, 1.82) is 0 Å². The standard InChI is InChI=1S/C27H31NO6/c1-4-12-34-22-11-10-19(14-17(22)2)25(29)23-24(18-7-5-8-20(15-18)32-3)28(27(31)26(23)30)16-21-9-6-13-33-21/h5,7-8,10-11,14-15,21,24,29H,4,6,9,12-13,16H2,1-3H3/b25-23-. The molecule has 1 amide bonds. The number of rotatable bonds is 8. The van der Waals surface area contributed by atoms with E-state index in [0.717, 1.165) is 30.6 Å². The number of ether oxygens (including phenoxy) is 3. The summed E-state index contributed by atoms with van der Waals surface area (Å²) in [5.74, 6) is -0.210. The predicted molar refractivity (Wildman–Crippen MR) is 128 cm³/mol. The Morgan fingerprint density at radius 1 is 1.21 bits per heavy atom. The number of aryl methyl sites for hydroxylation is 1. The fourth-order valence-electron chi connectivity index (χ4n) is 4.56. The molecule has 0 radical (unpaired) electrons. The van der Waals surface area contributed by atoms with Crippen LogP contribution in [0.2, 0.25) is 0 Å². The first-order valence-electron chi connectivity index (χ1n) is 11.7. The van der Waals surface area contributed by atoms with E-state index in [0.29, 0.717) is 30.1 Å². The number of aliphatic hydroxyl groups excluding tert-OH is 1. The lowest BCUT2D eigenvalue weighted by molar-refractivity contribution is -0.140. The number of Topliss-reactive ketones (excluding diaryl/α,β-unsaturated/α-hetero) is 1. The Hall–Kier alpha value is -3.32. The van der Waals surface area contributed by atoms with Crippen LogP contribution < -0.4 is 9.47 Å². The molecule has 2 fully saturated rings. The van der Waals surface area contributed by atoms with Crippen LogP contribution >= 0.6 is 0 Å². The minimum atomic E-state index is -0.740. The van der Waals surface area contributed by atoms with Gasteiger partial charge in [0.15, 0.2) is 0 Å². The van der Waals surface area contributed by atoms with Gasteiger partial charge >= 0.3 is 0 Å². The molecule has 7 heteroatoms. The molecule has 1 N–H and O–H groups in total. The summed E-state index contributed by atoms with van der Waals surface area (Å²) in [7, 11) is 1.56. The number of ketones is 1. The minimum Gasteiger partial charge on any atom is -0.507 e. The van der Waals surface area contributed by atoms with Gasteiger partial charge in [0.05, 0.1) is 31.4 Å². The number of hydrogen-bond donors (Lipinski definition) is 1. The van der Waals surface area contributed by atoms with E-state index < -0.39 is 17.7 Å². The summed E-state index contributed by atoms with van der Waals surface area (Å²) in [6.45, 7) is 5.44. The molecule has 0 aliphatic carbocycles. The Morgan fingerprint density at radius 3 is 2.71 bits per heavy atom. The average Bonchev–Trinajstić information content (AvgIpc) is 3.45. The molecule has 2 atom stereocenters. The quantitative estimate of drug-likeness (QED) is 0.354. The zero-order valence-corrected chi connectivity index (χ0v) is 19.9. The molecule has 7 nitrogen and oxygen atoms in total. The molecule has 0 aromatic heterocycles. The molecule has 0 saturated carbocycles. The molecular formula is C27H31NO6.